The fourth-order valence-corrected chi connectivity index (χ4v) is 2.03. The summed E-state index contributed by atoms with van der Waals surface area (Å²) in [5.74, 6) is 0.997. The minimum Gasteiger partial charge on any atom is -0.353 e. The molecule has 1 fully saturated rings. The van der Waals surface area contributed by atoms with Gasteiger partial charge in [-0.3, -0.25) is 4.79 Å². The van der Waals surface area contributed by atoms with Crippen LogP contribution in [0.5, 0.6) is 0 Å². The van der Waals surface area contributed by atoms with Crippen molar-refractivity contribution >= 4 is 5.91 Å². The van der Waals surface area contributed by atoms with Crippen LogP contribution in [0.2, 0.25) is 0 Å². The summed E-state index contributed by atoms with van der Waals surface area (Å²) in [5.41, 5.74) is 0. The van der Waals surface area contributed by atoms with Gasteiger partial charge in [0.2, 0.25) is 5.91 Å². The summed E-state index contributed by atoms with van der Waals surface area (Å²) in [6.45, 7) is 7.39. The molecule has 2 N–H and O–H groups in total. The maximum atomic E-state index is 11.5. The first-order chi connectivity index (χ1) is 7.63. The van der Waals surface area contributed by atoms with E-state index in [1.807, 2.05) is 0 Å². The van der Waals surface area contributed by atoms with E-state index in [0.29, 0.717) is 18.5 Å². The molecule has 0 saturated heterocycles. The summed E-state index contributed by atoms with van der Waals surface area (Å²) in [6, 6.07) is 1.01. The first kappa shape index (κ1) is 13.5. The van der Waals surface area contributed by atoms with Crippen LogP contribution < -0.4 is 10.6 Å². The highest BCUT2D eigenvalue weighted by atomic mass is 16.1. The molecule has 94 valence electrons. The fourth-order valence-electron chi connectivity index (χ4n) is 2.03. The third-order valence-corrected chi connectivity index (χ3v) is 3.06. The Morgan fingerprint density at radius 1 is 1.44 bits per heavy atom. The Labute approximate surface area is 99.4 Å². The lowest BCUT2D eigenvalue weighted by Gasteiger charge is -2.08. The molecular weight excluding hydrogens is 200 g/mol. The second kappa shape index (κ2) is 6.89. The minimum atomic E-state index is 0.231. The van der Waals surface area contributed by atoms with Crippen LogP contribution in [-0.4, -0.2) is 24.5 Å². The Morgan fingerprint density at radius 3 is 2.81 bits per heavy atom. The molecule has 3 nitrogen and oxygen atoms in total. The molecule has 2 unspecified atom stereocenters. The normalized spacial score (nSPS) is 23.5. The molecule has 1 amide bonds. The number of rotatable bonds is 8. The third-order valence-electron chi connectivity index (χ3n) is 3.06. The SMILES string of the molecule is CCCC1CC1NC(=O)CCCNC(C)C. The maximum Gasteiger partial charge on any atom is 0.220 e. The molecule has 3 heteroatoms. The van der Waals surface area contributed by atoms with Crippen molar-refractivity contribution in [2.45, 2.75) is 65.0 Å². The number of carbonyl (C=O) groups excluding carboxylic acids is 1. The smallest absolute Gasteiger partial charge is 0.220 e. The Morgan fingerprint density at radius 2 is 2.19 bits per heavy atom. The molecule has 0 aromatic carbocycles. The lowest BCUT2D eigenvalue weighted by atomic mass is 10.2. The second-order valence-corrected chi connectivity index (χ2v) is 5.17. The number of hydrogen-bond acceptors (Lipinski definition) is 2. The van der Waals surface area contributed by atoms with Crippen molar-refractivity contribution in [2.75, 3.05) is 6.54 Å². The number of nitrogens with one attached hydrogen (secondary N) is 2. The van der Waals surface area contributed by atoms with Crippen molar-refractivity contribution in [3.63, 3.8) is 0 Å². The highest BCUT2D eigenvalue weighted by Crippen LogP contribution is 2.34. The summed E-state index contributed by atoms with van der Waals surface area (Å²) < 4.78 is 0. The van der Waals surface area contributed by atoms with E-state index in [1.54, 1.807) is 0 Å². The molecule has 16 heavy (non-hydrogen) atoms. The molecule has 2 atom stereocenters. The van der Waals surface area contributed by atoms with Crippen molar-refractivity contribution < 1.29 is 4.79 Å². The monoisotopic (exact) mass is 226 g/mol. The standard InChI is InChI=1S/C13H26N2O/c1-4-6-11-9-12(11)15-13(16)7-5-8-14-10(2)3/h10-12,14H,4-9H2,1-3H3,(H,15,16). The number of hydrogen-bond donors (Lipinski definition) is 2. The summed E-state index contributed by atoms with van der Waals surface area (Å²) >= 11 is 0. The first-order valence-corrected chi connectivity index (χ1v) is 6.66. The molecule has 0 radical (unpaired) electrons. The fraction of sp³-hybridized carbons (Fsp3) is 0.923. The van der Waals surface area contributed by atoms with Gasteiger partial charge in [0.25, 0.3) is 0 Å². The average molecular weight is 226 g/mol. The van der Waals surface area contributed by atoms with Crippen LogP contribution in [-0.2, 0) is 4.79 Å². The Hall–Kier alpha value is -0.570. The van der Waals surface area contributed by atoms with Crippen LogP contribution >= 0.6 is 0 Å². The molecule has 0 aromatic rings. The predicted octanol–water partition coefficient (Wildman–Crippen LogP) is 2.07. The molecule has 0 heterocycles. The van der Waals surface area contributed by atoms with Gasteiger partial charge in [0.15, 0.2) is 0 Å². The lowest BCUT2D eigenvalue weighted by molar-refractivity contribution is -0.121. The molecule has 1 saturated carbocycles. The summed E-state index contributed by atoms with van der Waals surface area (Å²) in [7, 11) is 0. The van der Waals surface area contributed by atoms with E-state index in [-0.39, 0.29) is 5.91 Å². The van der Waals surface area contributed by atoms with E-state index in [2.05, 4.69) is 31.4 Å². The molecular formula is C13H26N2O. The van der Waals surface area contributed by atoms with Crippen molar-refractivity contribution in [3.8, 4) is 0 Å². The first-order valence-electron chi connectivity index (χ1n) is 6.66. The predicted molar refractivity (Wildman–Crippen MR) is 67.3 cm³/mol. The van der Waals surface area contributed by atoms with E-state index in [0.717, 1.165) is 18.9 Å². The highest BCUT2D eigenvalue weighted by Gasteiger charge is 2.36. The number of carbonyl (C=O) groups is 1. The van der Waals surface area contributed by atoms with Gasteiger partial charge in [0.05, 0.1) is 0 Å². The summed E-state index contributed by atoms with van der Waals surface area (Å²) in [6.07, 6.45) is 5.29. The lowest BCUT2D eigenvalue weighted by Crippen LogP contribution is -2.29. The Balaban J connectivity index is 1.96. The van der Waals surface area contributed by atoms with Gasteiger partial charge in [0, 0.05) is 18.5 Å². The zero-order valence-electron chi connectivity index (χ0n) is 10.9. The van der Waals surface area contributed by atoms with E-state index in [1.165, 1.54) is 19.3 Å². The van der Waals surface area contributed by atoms with E-state index >= 15 is 0 Å². The second-order valence-electron chi connectivity index (χ2n) is 5.17. The molecule has 0 spiro atoms. The maximum absolute atomic E-state index is 11.5. The molecule has 0 aromatic heterocycles. The van der Waals surface area contributed by atoms with E-state index < -0.39 is 0 Å². The third kappa shape index (κ3) is 5.50. The van der Waals surface area contributed by atoms with Crippen LogP contribution in [0.4, 0.5) is 0 Å². The van der Waals surface area contributed by atoms with Crippen molar-refractivity contribution in [1.29, 1.82) is 0 Å². The highest BCUT2D eigenvalue weighted by molar-refractivity contribution is 5.76. The topological polar surface area (TPSA) is 41.1 Å². The van der Waals surface area contributed by atoms with Crippen LogP contribution in [0.3, 0.4) is 0 Å². The Bertz CT molecular complexity index is 216. The minimum absolute atomic E-state index is 0.231. The average Bonchev–Trinajstić information content (AvgIpc) is 2.91. The zero-order chi connectivity index (χ0) is 12.0. The van der Waals surface area contributed by atoms with Gasteiger partial charge in [-0.2, -0.15) is 0 Å². The summed E-state index contributed by atoms with van der Waals surface area (Å²) in [4.78, 5) is 11.5. The van der Waals surface area contributed by atoms with Crippen molar-refractivity contribution in [2.24, 2.45) is 5.92 Å². The van der Waals surface area contributed by atoms with Crippen LogP contribution in [0.25, 0.3) is 0 Å². The zero-order valence-corrected chi connectivity index (χ0v) is 10.9. The molecule has 1 rings (SSSR count). The molecule has 0 aliphatic heterocycles. The van der Waals surface area contributed by atoms with Gasteiger partial charge in [-0.1, -0.05) is 27.2 Å². The van der Waals surface area contributed by atoms with Gasteiger partial charge in [0.1, 0.15) is 0 Å². The molecule has 0 bridgehead atoms. The van der Waals surface area contributed by atoms with Gasteiger partial charge < -0.3 is 10.6 Å². The van der Waals surface area contributed by atoms with Crippen molar-refractivity contribution in [3.05, 3.63) is 0 Å². The van der Waals surface area contributed by atoms with Crippen LogP contribution in [0.1, 0.15) is 52.9 Å². The van der Waals surface area contributed by atoms with E-state index in [9.17, 15) is 4.79 Å². The van der Waals surface area contributed by atoms with Crippen LogP contribution in [0.15, 0.2) is 0 Å². The van der Waals surface area contributed by atoms with Gasteiger partial charge >= 0.3 is 0 Å². The molecule has 1 aliphatic rings. The molecule has 1 aliphatic carbocycles. The van der Waals surface area contributed by atoms with Crippen molar-refractivity contribution in [1.82, 2.24) is 10.6 Å². The van der Waals surface area contributed by atoms with Gasteiger partial charge in [-0.15, -0.1) is 0 Å². The quantitative estimate of drug-likeness (QED) is 0.622. The van der Waals surface area contributed by atoms with Gasteiger partial charge in [-0.25, -0.2) is 0 Å². The van der Waals surface area contributed by atoms with Gasteiger partial charge in [-0.05, 0) is 31.7 Å². The van der Waals surface area contributed by atoms with E-state index in [4.69, 9.17) is 0 Å². The Kier molecular flexibility index (Phi) is 5.81. The number of amides is 1. The largest absolute Gasteiger partial charge is 0.353 e. The summed E-state index contributed by atoms with van der Waals surface area (Å²) in [5, 5.41) is 6.43. The van der Waals surface area contributed by atoms with Crippen LogP contribution in [0, 0.1) is 5.92 Å².